The van der Waals surface area contributed by atoms with Gasteiger partial charge in [-0.05, 0) is 12.2 Å². The SMILES string of the molecule is BC1CN(O)CCC(/C=C/P(O)O)O1. The van der Waals surface area contributed by atoms with Gasteiger partial charge in [0.15, 0.2) is 8.38 Å². The number of nitrogens with zero attached hydrogens (tertiary/aromatic N) is 1. The molecule has 2 atom stereocenters. The molecule has 1 rings (SSSR count). The maximum atomic E-state index is 9.29. The molecule has 0 saturated carbocycles. The van der Waals surface area contributed by atoms with Crippen molar-refractivity contribution in [1.29, 1.82) is 0 Å². The molecule has 7 heteroatoms. The Hall–Kier alpha value is 0.0349. The lowest BCUT2D eigenvalue weighted by molar-refractivity contribution is -0.0938. The maximum absolute atomic E-state index is 9.29. The zero-order chi connectivity index (χ0) is 10.6. The second-order valence-electron chi connectivity index (χ2n) is 3.35. The Kier molecular flexibility index (Phi) is 5.02. The van der Waals surface area contributed by atoms with Crippen molar-refractivity contribution in [2.24, 2.45) is 0 Å². The summed E-state index contributed by atoms with van der Waals surface area (Å²) in [6, 6.07) is -0.0548. The van der Waals surface area contributed by atoms with Crippen LogP contribution in [0.25, 0.3) is 0 Å². The van der Waals surface area contributed by atoms with Crippen molar-refractivity contribution in [3.8, 4) is 0 Å². The summed E-state index contributed by atoms with van der Waals surface area (Å²) >= 11 is 0. The van der Waals surface area contributed by atoms with Crippen LogP contribution >= 0.6 is 8.38 Å². The molecule has 0 aromatic carbocycles. The lowest BCUT2D eigenvalue weighted by atomic mass is 10.0. The van der Waals surface area contributed by atoms with Crippen LogP contribution < -0.4 is 0 Å². The van der Waals surface area contributed by atoms with E-state index in [-0.39, 0.29) is 12.1 Å². The Bertz CT molecular complexity index is 204. The predicted molar refractivity (Wildman–Crippen MR) is 55.7 cm³/mol. The topological polar surface area (TPSA) is 73.2 Å². The van der Waals surface area contributed by atoms with E-state index in [1.54, 1.807) is 6.08 Å². The van der Waals surface area contributed by atoms with Crippen LogP contribution in [-0.4, -0.2) is 53.1 Å². The highest BCUT2D eigenvalue weighted by Crippen LogP contribution is 2.25. The van der Waals surface area contributed by atoms with E-state index in [4.69, 9.17) is 14.5 Å². The van der Waals surface area contributed by atoms with Crippen LogP contribution in [0, 0.1) is 0 Å². The molecule has 0 aliphatic carbocycles. The van der Waals surface area contributed by atoms with Gasteiger partial charge in [-0.3, -0.25) is 0 Å². The van der Waals surface area contributed by atoms with Crippen molar-refractivity contribution in [3.05, 3.63) is 11.9 Å². The Morgan fingerprint density at radius 3 is 2.86 bits per heavy atom. The van der Waals surface area contributed by atoms with E-state index in [9.17, 15) is 5.21 Å². The number of hydroxylamine groups is 2. The van der Waals surface area contributed by atoms with Gasteiger partial charge in [0, 0.05) is 19.1 Å². The third kappa shape index (κ3) is 4.51. The highest BCUT2D eigenvalue weighted by Gasteiger charge is 2.19. The van der Waals surface area contributed by atoms with Gasteiger partial charge in [0.1, 0.15) is 7.85 Å². The lowest BCUT2D eigenvalue weighted by Crippen LogP contribution is -2.29. The molecule has 2 unspecified atom stereocenters. The van der Waals surface area contributed by atoms with Gasteiger partial charge in [-0.25, -0.2) is 0 Å². The predicted octanol–water partition coefficient (Wildman–Crippen LogP) is -0.764. The minimum atomic E-state index is -2.00. The van der Waals surface area contributed by atoms with Crippen LogP contribution in [0.15, 0.2) is 11.9 Å². The Labute approximate surface area is 85.3 Å². The van der Waals surface area contributed by atoms with Crippen molar-refractivity contribution in [3.63, 3.8) is 0 Å². The molecule has 0 aromatic heterocycles. The van der Waals surface area contributed by atoms with E-state index < -0.39 is 8.38 Å². The zero-order valence-electron chi connectivity index (χ0n) is 8.08. The number of ether oxygens (including phenoxy) is 1. The molecule has 14 heavy (non-hydrogen) atoms. The zero-order valence-corrected chi connectivity index (χ0v) is 8.97. The fourth-order valence-electron chi connectivity index (χ4n) is 1.39. The molecule has 1 fully saturated rings. The summed E-state index contributed by atoms with van der Waals surface area (Å²) in [4.78, 5) is 17.4. The number of rotatable bonds is 2. The molecule has 3 N–H and O–H groups in total. The largest absolute Gasteiger partial charge is 0.378 e. The summed E-state index contributed by atoms with van der Waals surface area (Å²) in [5, 5.41) is 10.5. The monoisotopic (exact) mass is 219 g/mol. The van der Waals surface area contributed by atoms with Gasteiger partial charge in [0.25, 0.3) is 0 Å². The van der Waals surface area contributed by atoms with E-state index in [0.29, 0.717) is 19.5 Å². The standard InChI is InChI=1S/C7H15BNO4P/c8-7-5-9(10)3-1-6(13-7)2-4-14(11)12/h2,4,6-7,10-12H,1,3,5,8H2/b4-2+. The second kappa shape index (κ2) is 5.80. The Balaban J connectivity index is 2.45. The van der Waals surface area contributed by atoms with Gasteiger partial charge in [0.2, 0.25) is 0 Å². The first-order valence-electron chi connectivity index (χ1n) is 4.52. The first-order valence-corrected chi connectivity index (χ1v) is 5.84. The molecule has 1 aliphatic rings. The van der Waals surface area contributed by atoms with Crippen molar-refractivity contribution < 1.29 is 19.7 Å². The van der Waals surface area contributed by atoms with Gasteiger partial charge < -0.3 is 19.7 Å². The lowest BCUT2D eigenvalue weighted by Gasteiger charge is -2.15. The Morgan fingerprint density at radius 2 is 2.21 bits per heavy atom. The van der Waals surface area contributed by atoms with Gasteiger partial charge >= 0.3 is 0 Å². The molecule has 0 aromatic rings. The first-order chi connectivity index (χ1) is 6.58. The molecule has 1 heterocycles. The average molecular weight is 219 g/mol. The van der Waals surface area contributed by atoms with E-state index in [1.165, 1.54) is 10.9 Å². The highest BCUT2D eigenvalue weighted by molar-refractivity contribution is 7.48. The van der Waals surface area contributed by atoms with E-state index >= 15 is 0 Å². The van der Waals surface area contributed by atoms with Crippen molar-refractivity contribution in [2.75, 3.05) is 13.1 Å². The number of hydrogen-bond acceptors (Lipinski definition) is 5. The van der Waals surface area contributed by atoms with Crippen LogP contribution in [0.4, 0.5) is 0 Å². The van der Waals surface area contributed by atoms with Gasteiger partial charge in [0.05, 0.1) is 6.10 Å². The molecule has 80 valence electrons. The summed E-state index contributed by atoms with van der Waals surface area (Å²) in [6.07, 6.45) is 2.15. The maximum Gasteiger partial charge on any atom is 0.191 e. The average Bonchev–Trinajstić information content (AvgIpc) is 2.23. The molecule has 0 radical (unpaired) electrons. The Morgan fingerprint density at radius 1 is 1.50 bits per heavy atom. The second-order valence-corrected chi connectivity index (χ2v) is 4.29. The molecule has 0 amide bonds. The van der Waals surface area contributed by atoms with E-state index in [2.05, 4.69) is 0 Å². The molecule has 0 spiro atoms. The quantitative estimate of drug-likeness (QED) is 0.420. The fraction of sp³-hybridized carbons (Fsp3) is 0.714. The minimum Gasteiger partial charge on any atom is -0.378 e. The van der Waals surface area contributed by atoms with Crippen LogP contribution in [0.5, 0.6) is 0 Å². The molecule has 1 saturated heterocycles. The summed E-state index contributed by atoms with van der Waals surface area (Å²) < 4.78 is 5.53. The van der Waals surface area contributed by atoms with Crippen LogP contribution in [0.3, 0.4) is 0 Å². The summed E-state index contributed by atoms with van der Waals surface area (Å²) in [6.45, 7) is 1.02. The molecule has 1 aliphatic heterocycles. The van der Waals surface area contributed by atoms with Crippen LogP contribution in [-0.2, 0) is 4.74 Å². The molecular formula is C7H15BNO4P. The molecular weight excluding hydrogens is 204 g/mol. The highest BCUT2D eigenvalue weighted by atomic mass is 31.2. The van der Waals surface area contributed by atoms with Crippen LogP contribution in [0.2, 0.25) is 0 Å². The van der Waals surface area contributed by atoms with Crippen molar-refractivity contribution in [1.82, 2.24) is 5.06 Å². The minimum absolute atomic E-state index is 0.0548. The third-order valence-corrected chi connectivity index (χ3v) is 2.42. The van der Waals surface area contributed by atoms with E-state index in [1.807, 2.05) is 7.85 Å². The summed E-state index contributed by atoms with van der Waals surface area (Å²) in [7, 11) is -0.125. The number of hydrogen-bond donors (Lipinski definition) is 3. The van der Waals surface area contributed by atoms with Gasteiger partial charge in [-0.2, -0.15) is 5.06 Å². The van der Waals surface area contributed by atoms with Crippen molar-refractivity contribution in [2.45, 2.75) is 18.5 Å². The van der Waals surface area contributed by atoms with Crippen LogP contribution in [0.1, 0.15) is 6.42 Å². The summed E-state index contributed by atoms with van der Waals surface area (Å²) in [5.74, 6) is 1.33. The van der Waals surface area contributed by atoms with Crippen molar-refractivity contribution >= 4 is 16.2 Å². The smallest absolute Gasteiger partial charge is 0.191 e. The third-order valence-electron chi connectivity index (χ3n) is 1.98. The molecule has 5 nitrogen and oxygen atoms in total. The first kappa shape index (κ1) is 12.1. The molecule has 0 bridgehead atoms. The van der Waals surface area contributed by atoms with E-state index in [0.717, 1.165) is 0 Å². The normalized spacial score (nSPS) is 31.1. The summed E-state index contributed by atoms with van der Waals surface area (Å²) in [5.41, 5.74) is 0. The van der Waals surface area contributed by atoms with Gasteiger partial charge in [-0.15, -0.1) is 0 Å². The van der Waals surface area contributed by atoms with Gasteiger partial charge in [-0.1, -0.05) is 6.08 Å². The fourth-order valence-corrected chi connectivity index (χ4v) is 1.73.